The molecule has 2 aromatic carbocycles. The second kappa shape index (κ2) is 6.70. The number of halogens is 1. The minimum atomic E-state index is -0.342. The first kappa shape index (κ1) is 15.5. The minimum absolute atomic E-state index is 0.0245. The van der Waals surface area contributed by atoms with Crippen LogP contribution in [0.3, 0.4) is 0 Å². The van der Waals surface area contributed by atoms with Crippen molar-refractivity contribution in [2.24, 2.45) is 0 Å². The third-order valence-electron chi connectivity index (χ3n) is 3.43. The maximum atomic E-state index is 11.1. The molecular weight excluding hydrogens is 288 g/mol. The first-order chi connectivity index (χ1) is 10.0. The van der Waals surface area contributed by atoms with Crippen molar-refractivity contribution >= 4 is 17.3 Å². The predicted molar refractivity (Wildman–Crippen MR) is 84.8 cm³/mol. The van der Waals surface area contributed by atoms with E-state index in [1.54, 1.807) is 12.1 Å². The topological polar surface area (TPSA) is 55.2 Å². The van der Waals surface area contributed by atoms with Crippen LogP contribution in [0.4, 0.5) is 5.69 Å². The molecule has 0 aromatic heterocycles. The van der Waals surface area contributed by atoms with Crippen molar-refractivity contribution in [3.8, 4) is 0 Å². The maximum Gasteiger partial charge on any atom is 0.272 e. The number of likely N-dealkylation sites (N-methyl/N-ethyl adjacent to an activating group) is 1. The van der Waals surface area contributed by atoms with Gasteiger partial charge in [-0.05, 0) is 43.7 Å². The van der Waals surface area contributed by atoms with E-state index >= 15 is 0 Å². The van der Waals surface area contributed by atoms with Crippen LogP contribution in [0.1, 0.15) is 22.7 Å². The quantitative estimate of drug-likeness (QED) is 0.669. The molecule has 0 fully saturated rings. The van der Waals surface area contributed by atoms with Crippen molar-refractivity contribution in [3.05, 3.63) is 74.3 Å². The van der Waals surface area contributed by atoms with Crippen molar-refractivity contribution < 1.29 is 4.92 Å². The van der Waals surface area contributed by atoms with Crippen LogP contribution in [0.2, 0.25) is 5.02 Å². The van der Waals surface area contributed by atoms with Crippen LogP contribution >= 0.6 is 11.6 Å². The Balaban J connectivity index is 2.33. The van der Waals surface area contributed by atoms with Gasteiger partial charge in [0.2, 0.25) is 0 Å². The molecule has 0 heterocycles. The smallest absolute Gasteiger partial charge is 0.272 e. The van der Waals surface area contributed by atoms with Crippen molar-refractivity contribution in [1.82, 2.24) is 5.32 Å². The minimum Gasteiger partial charge on any atom is -0.313 e. The first-order valence-corrected chi connectivity index (χ1v) is 7.05. The van der Waals surface area contributed by atoms with Gasteiger partial charge in [-0.1, -0.05) is 35.9 Å². The zero-order chi connectivity index (χ0) is 15.4. The molecule has 0 spiro atoms. The average Bonchev–Trinajstić information content (AvgIpc) is 2.43. The number of nitro groups is 1. The fourth-order valence-electron chi connectivity index (χ4n) is 2.43. The second-order valence-electron chi connectivity index (χ2n) is 4.99. The summed E-state index contributed by atoms with van der Waals surface area (Å²) in [5, 5.41) is 15.0. The highest BCUT2D eigenvalue weighted by molar-refractivity contribution is 6.30. The van der Waals surface area contributed by atoms with Gasteiger partial charge < -0.3 is 5.32 Å². The molecule has 0 aliphatic carbocycles. The van der Waals surface area contributed by atoms with Crippen molar-refractivity contribution in [2.45, 2.75) is 19.4 Å². The van der Waals surface area contributed by atoms with Gasteiger partial charge in [-0.15, -0.1) is 0 Å². The normalized spacial score (nSPS) is 12.1. The van der Waals surface area contributed by atoms with E-state index in [-0.39, 0.29) is 16.7 Å². The number of para-hydroxylation sites is 1. The fourth-order valence-corrected chi connectivity index (χ4v) is 2.73. The molecular formula is C16H17ClN2O2. The van der Waals surface area contributed by atoms with Gasteiger partial charge in [0, 0.05) is 22.7 Å². The molecule has 1 atom stereocenters. The molecule has 0 aliphatic heterocycles. The molecule has 110 valence electrons. The van der Waals surface area contributed by atoms with Gasteiger partial charge in [0.15, 0.2) is 0 Å². The van der Waals surface area contributed by atoms with Crippen LogP contribution in [-0.4, -0.2) is 12.0 Å². The SMILES string of the molecule is CNC(Cc1ccccc1[N+](=O)[O-])c1cc(C)cc(Cl)c1. The van der Waals surface area contributed by atoms with Gasteiger partial charge in [-0.25, -0.2) is 0 Å². The van der Waals surface area contributed by atoms with Crippen LogP contribution < -0.4 is 5.32 Å². The number of nitro benzene ring substituents is 1. The van der Waals surface area contributed by atoms with Crippen molar-refractivity contribution in [1.29, 1.82) is 0 Å². The van der Waals surface area contributed by atoms with Crippen LogP contribution in [0.25, 0.3) is 0 Å². The zero-order valence-electron chi connectivity index (χ0n) is 12.0. The predicted octanol–water partition coefficient (Wildman–Crippen LogP) is 4.06. The summed E-state index contributed by atoms with van der Waals surface area (Å²) in [6.45, 7) is 1.98. The molecule has 1 N–H and O–H groups in total. The second-order valence-corrected chi connectivity index (χ2v) is 5.43. The molecule has 1 unspecified atom stereocenters. The van der Waals surface area contributed by atoms with Crippen LogP contribution in [-0.2, 0) is 6.42 Å². The Morgan fingerprint density at radius 1 is 1.29 bits per heavy atom. The lowest BCUT2D eigenvalue weighted by Crippen LogP contribution is -2.19. The number of rotatable bonds is 5. The number of nitrogens with zero attached hydrogens (tertiary/aromatic N) is 1. The van der Waals surface area contributed by atoms with Crippen molar-refractivity contribution in [3.63, 3.8) is 0 Å². The van der Waals surface area contributed by atoms with Crippen molar-refractivity contribution in [2.75, 3.05) is 7.05 Å². The Kier molecular flexibility index (Phi) is 4.94. The van der Waals surface area contributed by atoms with E-state index in [4.69, 9.17) is 11.6 Å². The number of benzene rings is 2. The monoisotopic (exact) mass is 304 g/mol. The molecule has 0 bridgehead atoms. The van der Waals surface area contributed by atoms with Gasteiger partial charge in [-0.3, -0.25) is 10.1 Å². The summed E-state index contributed by atoms with van der Waals surface area (Å²) in [4.78, 5) is 10.8. The average molecular weight is 305 g/mol. The Morgan fingerprint density at radius 2 is 2.00 bits per heavy atom. The largest absolute Gasteiger partial charge is 0.313 e. The van der Waals surface area contributed by atoms with E-state index in [2.05, 4.69) is 5.32 Å². The van der Waals surface area contributed by atoms with E-state index in [0.717, 1.165) is 11.1 Å². The Hall–Kier alpha value is -1.91. The number of hydrogen-bond donors (Lipinski definition) is 1. The Labute approximate surface area is 128 Å². The molecule has 0 saturated carbocycles. The fraction of sp³-hybridized carbons (Fsp3) is 0.250. The first-order valence-electron chi connectivity index (χ1n) is 6.68. The summed E-state index contributed by atoms with van der Waals surface area (Å²) in [5.41, 5.74) is 2.96. The summed E-state index contributed by atoms with van der Waals surface area (Å²) in [5.74, 6) is 0. The van der Waals surface area contributed by atoms with Gasteiger partial charge in [0.1, 0.15) is 0 Å². The van der Waals surface area contributed by atoms with E-state index in [0.29, 0.717) is 17.0 Å². The molecule has 5 heteroatoms. The molecule has 0 aliphatic rings. The molecule has 21 heavy (non-hydrogen) atoms. The van der Waals surface area contributed by atoms with Gasteiger partial charge >= 0.3 is 0 Å². The highest BCUT2D eigenvalue weighted by atomic mass is 35.5. The number of nitrogens with one attached hydrogen (secondary N) is 1. The van der Waals surface area contributed by atoms with E-state index in [1.807, 2.05) is 38.2 Å². The van der Waals surface area contributed by atoms with E-state index in [1.165, 1.54) is 6.07 Å². The standard InChI is InChI=1S/C16H17ClN2O2/c1-11-7-13(9-14(17)8-11)15(18-2)10-12-5-3-4-6-16(12)19(20)21/h3-9,15,18H,10H2,1-2H3. The lowest BCUT2D eigenvalue weighted by Gasteiger charge is -2.18. The Bertz CT molecular complexity index is 638. The Morgan fingerprint density at radius 3 is 2.62 bits per heavy atom. The number of aryl methyl sites for hydroxylation is 1. The molecule has 4 nitrogen and oxygen atoms in total. The van der Waals surface area contributed by atoms with Crippen LogP contribution in [0.5, 0.6) is 0 Å². The summed E-state index contributed by atoms with van der Waals surface area (Å²) >= 11 is 6.10. The molecule has 0 saturated heterocycles. The number of hydrogen-bond acceptors (Lipinski definition) is 3. The summed E-state index contributed by atoms with van der Waals surface area (Å²) in [6.07, 6.45) is 0.535. The van der Waals surface area contributed by atoms with Crippen LogP contribution in [0.15, 0.2) is 42.5 Å². The van der Waals surface area contributed by atoms with E-state index < -0.39 is 0 Å². The third kappa shape index (κ3) is 3.80. The lowest BCUT2D eigenvalue weighted by molar-refractivity contribution is -0.385. The van der Waals surface area contributed by atoms with Gasteiger partial charge in [-0.2, -0.15) is 0 Å². The molecule has 0 radical (unpaired) electrons. The summed E-state index contributed by atoms with van der Waals surface area (Å²) in [7, 11) is 1.84. The molecule has 2 aromatic rings. The third-order valence-corrected chi connectivity index (χ3v) is 3.65. The highest BCUT2D eigenvalue weighted by Gasteiger charge is 2.18. The molecule has 0 amide bonds. The van der Waals surface area contributed by atoms with Crippen LogP contribution in [0, 0.1) is 17.0 Å². The highest BCUT2D eigenvalue weighted by Crippen LogP contribution is 2.27. The molecule has 2 rings (SSSR count). The maximum absolute atomic E-state index is 11.1. The van der Waals surface area contributed by atoms with Gasteiger partial charge in [0.05, 0.1) is 4.92 Å². The summed E-state index contributed by atoms with van der Waals surface area (Å²) < 4.78 is 0. The zero-order valence-corrected chi connectivity index (χ0v) is 12.7. The lowest BCUT2D eigenvalue weighted by atomic mass is 9.97. The van der Waals surface area contributed by atoms with Gasteiger partial charge in [0.25, 0.3) is 5.69 Å². The van der Waals surface area contributed by atoms with E-state index in [9.17, 15) is 10.1 Å². The summed E-state index contributed by atoms with van der Waals surface area (Å²) in [6, 6.07) is 12.6.